The van der Waals surface area contributed by atoms with E-state index in [1.165, 1.54) is 0 Å². The van der Waals surface area contributed by atoms with Crippen LogP contribution in [0.3, 0.4) is 0 Å². The number of aliphatic carboxylic acids is 1. The molecule has 1 fully saturated rings. The number of hydrogen-bond donors (Lipinski definition) is 1. The molecule has 1 saturated heterocycles. The number of likely N-dealkylation sites (tertiary alicyclic amines) is 1. The predicted molar refractivity (Wildman–Crippen MR) is 67.9 cm³/mol. The molecular formula is C14H15NO4. The monoisotopic (exact) mass is 261 g/mol. The molecule has 1 unspecified atom stereocenters. The van der Waals surface area contributed by atoms with E-state index in [1.807, 2.05) is 6.92 Å². The van der Waals surface area contributed by atoms with Crippen molar-refractivity contribution in [1.82, 2.24) is 4.90 Å². The normalized spacial score (nSPS) is 19.3. The molecule has 1 atom stereocenters. The number of Topliss-reactive ketones (excluding diaryl/α,β-unsaturated/α-hetero) is 1. The van der Waals surface area contributed by atoms with Crippen molar-refractivity contribution in [2.75, 3.05) is 6.54 Å². The summed E-state index contributed by atoms with van der Waals surface area (Å²) in [6.07, 6.45) is 0.403. The summed E-state index contributed by atoms with van der Waals surface area (Å²) >= 11 is 0. The summed E-state index contributed by atoms with van der Waals surface area (Å²) in [7, 11) is 0. The van der Waals surface area contributed by atoms with Crippen LogP contribution in [0, 0.1) is 6.92 Å². The second kappa shape index (κ2) is 5.22. The molecule has 1 aliphatic rings. The van der Waals surface area contributed by atoms with Gasteiger partial charge in [-0.1, -0.05) is 17.7 Å². The van der Waals surface area contributed by atoms with Crippen molar-refractivity contribution in [3.05, 3.63) is 35.4 Å². The van der Waals surface area contributed by atoms with Crippen LogP contribution in [0.15, 0.2) is 24.3 Å². The molecule has 0 spiro atoms. The van der Waals surface area contributed by atoms with E-state index in [4.69, 9.17) is 5.11 Å². The van der Waals surface area contributed by atoms with Crippen molar-refractivity contribution in [2.45, 2.75) is 25.8 Å². The number of nitrogens with zero attached hydrogens (tertiary/aromatic N) is 1. The zero-order chi connectivity index (χ0) is 14.0. The van der Waals surface area contributed by atoms with Crippen molar-refractivity contribution in [2.24, 2.45) is 0 Å². The Hall–Kier alpha value is -2.17. The molecule has 1 aromatic carbocycles. The molecular weight excluding hydrogens is 246 g/mol. The molecule has 1 heterocycles. The van der Waals surface area contributed by atoms with E-state index in [0.29, 0.717) is 5.56 Å². The quantitative estimate of drug-likeness (QED) is 0.869. The van der Waals surface area contributed by atoms with Gasteiger partial charge >= 0.3 is 5.97 Å². The molecule has 0 saturated carbocycles. The fourth-order valence-corrected chi connectivity index (χ4v) is 2.16. The average Bonchev–Trinajstić information content (AvgIpc) is 2.38. The van der Waals surface area contributed by atoms with E-state index in [0.717, 1.165) is 10.5 Å². The highest BCUT2D eigenvalue weighted by atomic mass is 16.4. The van der Waals surface area contributed by atoms with Crippen molar-refractivity contribution >= 4 is 17.7 Å². The lowest BCUT2D eigenvalue weighted by Crippen LogP contribution is -2.50. The first-order chi connectivity index (χ1) is 8.99. The van der Waals surface area contributed by atoms with Gasteiger partial charge in [0.2, 0.25) is 0 Å². The maximum Gasteiger partial charge on any atom is 0.326 e. The van der Waals surface area contributed by atoms with Crippen LogP contribution in [0.2, 0.25) is 0 Å². The third-order valence-corrected chi connectivity index (χ3v) is 3.26. The van der Waals surface area contributed by atoms with E-state index in [-0.39, 0.29) is 25.2 Å². The van der Waals surface area contributed by atoms with E-state index >= 15 is 0 Å². The van der Waals surface area contributed by atoms with Crippen molar-refractivity contribution in [3.63, 3.8) is 0 Å². The third kappa shape index (κ3) is 2.81. The maximum absolute atomic E-state index is 12.3. The summed E-state index contributed by atoms with van der Waals surface area (Å²) in [5.41, 5.74) is 1.42. The number of piperidine rings is 1. The first-order valence-corrected chi connectivity index (χ1v) is 6.11. The standard InChI is InChI=1S/C14H15NO4/c1-9-2-4-10(5-3-9)13(17)15-8-11(16)6-7-12(15)14(18)19/h2-5,12H,6-8H2,1H3,(H,18,19). The number of hydrogen-bond acceptors (Lipinski definition) is 3. The number of amides is 1. The minimum Gasteiger partial charge on any atom is -0.480 e. The fraction of sp³-hybridized carbons (Fsp3) is 0.357. The van der Waals surface area contributed by atoms with E-state index in [1.54, 1.807) is 24.3 Å². The zero-order valence-corrected chi connectivity index (χ0v) is 10.6. The van der Waals surface area contributed by atoms with Gasteiger partial charge in [0.05, 0.1) is 6.54 Å². The Morgan fingerprint density at radius 2 is 1.89 bits per heavy atom. The summed E-state index contributed by atoms with van der Waals surface area (Å²) in [4.78, 5) is 36.0. The van der Waals surface area contributed by atoms with Crippen molar-refractivity contribution < 1.29 is 19.5 Å². The van der Waals surface area contributed by atoms with Crippen molar-refractivity contribution in [3.8, 4) is 0 Å². The smallest absolute Gasteiger partial charge is 0.326 e. The van der Waals surface area contributed by atoms with Gasteiger partial charge in [-0.3, -0.25) is 9.59 Å². The molecule has 1 aromatic rings. The molecule has 19 heavy (non-hydrogen) atoms. The minimum atomic E-state index is -1.06. The van der Waals surface area contributed by atoms with Crippen molar-refractivity contribution in [1.29, 1.82) is 0 Å². The number of benzene rings is 1. The van der Waals surface area contributed by atoms with Crippen LogP contribution < -0.4 is 0 Å². The molecule has 0 aromatic heterocycles. The van der Waals surface area contributed by atoms with Gasteiger partial charge in [0.15, 0.2) is 5.78 Å². The van der Waals surface area contributed by atoms with Gasteiger partial charge in [0.25, 0.3) is 5.91 Å². The Bertz CT molecular complexity index is 521. The minimum absolute atomic E-state index is 0.0991. The maximum atomic E-state index is 12.3. The summed E-state index contributed by atoms with van der Waals surface area (Å²) < 4.78 is 0. The lowest BCUT2D eigenvalue weighted by Gasteiger charge is -2.32. The highest BCUT2D eigenvalue weighted by Gasteiger charge is 2.35. The second-order valence-corrected chi connectivity index (χ2v) is 4.73. The Kier molecular flexibility index (Phi) is 3.64. The largest absolute Gasteiger partial charge is 0.480 e. The number of carbonyl (C=O) groups excluding carboxylic acids is 2. The fourth-order valence-electron chi connectivity index (χ4n) is 2.16. The molecule has 5 nitrogen and oxygen atoms in total. The van der Waals surface area contributed by atoms with Gasteiger partial charge in [-0.25, -0.2) is 4.79 Å². The first kappa shape index (κ1) is 13.3. The van der Waals surface area contributed by atoms with Crippen LogP contribution in [-0.4, -0.2) is 40.3 Å². The number of carboxylic acids is 1. The lowest BCUT2D eigenvalue weighted by molar-refractivity contribution is -0.144. The first-order valence-electron chi connectivity index (χ1n) is 6.11. The number of carboxylic acid groups (broad SMARTS) is 1. The van der Waals surface area contributed by atoms with E-state index in [9.17, 15) is 14.4 Å². The van der Waals surface area contributed by atoms with Gasteiger partial charge in [-0.2, -0.15) is 0 Å². The molecule has 1 aliphatic heterocycles. The summed E-state index contributed by atoms with van der Waals surface area (Å²) in [5, 5.41) is 9.13. The third-order valence-electron chi connectivity index (χ3n) is 3.26. The van der Waals surface area contributed by atoms with E-state index in [2.05, 4.69) is 0 Å². The van der Waals surface area contributed by atoms with Crippen LogP contribution in [0.4, 0.5) is 0 Å². The Labute approximate surface area is 110 Å². The SMILES string of the molecule is Cc1ccc(C(=O)N2CC(=O)CCC2C(=O)O)cc1. The summed E-state index contributed by atoms with van der Waals surface area (Å²) in [5.74, 6) is -1.56. The van der Waals surface area contributed by atoms with Crippen LogP contribution in [0.5, 0.6) is 0 Å². The zero-order valence-electron chi connectivity index (χ0n) is 10.6. The highest BCUT2D eigenvalue weighted by molar-refractivity contribution is 6.00. The predicted octanol–water partition coefficient (Wildman–Crippen LogP) is 1.25. The van der Waals surface area contributed by atoms with Crippen LogP contribution >= 0.6 is 0 Å². The Morgan fingerprint density at radius 3 is 2.47 bits per heavy atom. The molecule has 0 radical (unpaired) electrons. The van der Waals surface area contributed by atoms with Gasteiger partial charge in [0.1, 0.15) is 6.04 Å². The lowest BCUT2D eigenvalue weighted by atomic mass is 10.00. The van der Waals surface area contributed by atoms with Crippen LogP contribution in [0.1, 0.15) is 28.8 Å². The number of rotatable bonds is 2. The van der Waals surface area contributed by atoms with Gasteiger partial charge < -0.3 is 10.0 Å². The topological polar surface area (TPSA) is 74.7 Å². The van der Waals surface area contributed by atoms with Gasteiger partial charge in [0, 0.05) is 12.0 Å². The number of aryl methyl sites for hydroxylation is 1. The molecule has 1 amide bonds. The molecule has 100 valence electrons. The molecule has 1 N–H and O–H groups in total. The van der Waals surface area contributed by atoms with Crippen LogP contribution in [-0.2, 0) is 9.59 Å². The summed E-state index contributed by atoms with van der Waals surface area (Å²) in [6, 6.07) is 5.96. The van der Waals surface area contributed by atoms with E-state index < -0.39 is 17.9 Å². The van der Waals surface area contributed by atoms with Crippen LogP contribution in [0.25, 0.3) is 0 Å². The molecule has 5 heteroatoms. The average molecular weight is 261 g/mol. The number of ketones is 1. The summed E-state index contributed by atoms with van der Waals surface area (Å²) in [6.45, 7) is 1.78. The molecule has 0 bridgehead atoms. The Balaban J connectivity index is 2.26. The number of carbonyl (C=O) groups is 3. The van der Waals surface area contributed by atoms with Gasteiger partial charge in [-0.05, 0) is 25.5 Å². The molecule has 0 aliphatic carbocycles. The molecule has 2 rings (SSSR count). The Morgan fingerprint density at radius 1 is 1.26 bits per heavy atom. The second-order valence-electron chi connectivity index (χ2n) is 4.73. The van der Waals surface area contributed by atoms with Gasteiger partial charge in [-0.15, -0.1) is 0 Å². The highest BCUT2D eigenvalue weighted by Crippen LogP contribution is 2.18.